The molecule has 0 aliphatic rings. The lowest BCUT2D eigenvalue weighted by molar-refractivity contribution is -0.870. The summed E-state index contributed by atoms with van der Waals surface area (Å²) in [5, 5.41) is 12.6. The first-order valence-corrected chi connectivity index (χ1v) is 11.0. The van der Waals surface area contributed by atoms with Crippen molar-refractivity contribution in [2.45, 2.75) is 57.6 Å². The molecule has 0 heterocycles. The fourth-order valence-electron chi connectivity index (χ4n) is 2.20. The molecule has 0 aliphatic heterocycles. The number of likely N-dealkylation sites (N-methyl/N-ethyl adjacent to an activating group) is 1. The van der Waals surface area contributed by atoms with Crippen LogP contribution in [0.4, 0.5) is 0 Å². The number of carbonyl (C=O) groups excluding carboxylic acids is 1. The number of aliphatic hydroxyl groups excluding tert-OH is 1. The monoisotopic (exact) mass is 409 g/mol. The van der Waals surface area contributed by atoms with Crippen LogP contribution in [0, 0.1) is 0 Å². The van der Waals surface area contributed by atoms with Crippen molar-refractivity contribution < 1.29 is 32.9 Å². The number of hydrogen-bond acceptors (Lipinski definition) is 5. The van der Waals surface area contributed by atoms with Gasteiger partial charge in [0.2, 0.25) is 5.91 Å². The fourth-order valence-corrected chi connectivity index (χ4v) is 2.94. The van der Waals surface area contributed by atoms with Gasteiger partial charge in [0.1, 0.15) is 13.2 Å². The number of phosphoric ester groups is 1. The molecule has 160 valence electrons. The van der Waals surface area contributed by atoms with Gasteiger partial charge >= 0.3 is 7.82 Å². The van der Waals surface area contributed by atoms with Crippen molar-refractivity contribution in [3.63, 3.8) is 0 Å². The van der Waals surface area contributed by atoms with Crippen LogP contribution in [0.3, 0.4) is 0 Å². The fraction of sp³-hybridized carbons (Fsp3) is 0.833. The summed E-state index contributed by atoms with van der Waals surface area (Å²) in [6.45, 7) is 5.84. The minimum atomic E-state index is -4.27. The maximum absolute atomic E-state index is 12.0. The third kappa shape index (κ3) is 14.9. The third-order valence-electron chi connectivity index (χ3n) is 3.94. The molecule has 1 unspecified atom stereocenters. The Kier molecular flexibility index (Phi) is 13.0. The van der Waals surface area contributed by atoms with E-state index in [0.29, 0.717) is 17.4 Å². The number of aliphatic hydroxyl groups is 1. The van der Waals surface area contributed by atoms with Crippen molar-refractivity contribution in [2.75, 3.05) is 40.9 Å². The van der Waals surface area contributed by atoms with Crippen LogP contribution in [-0.4, -0.2) is 73.4 Å². The van der Waals surface area contributed by atoms with Gasteiger partial charge in [-0.1, -0.05) is 38.7 Å². The van der Waals surface area contributed by atoms with Crippen LogP contribution in [0.25, 0.3) is 0 Å². The first-order valence-electron chi connectivity index (χ1n) is 9.53. The van der Waals surface area contributed by atoms with Gasteiger partial charge in [0.15, 0.2) is 0 Å². The van der Waals surface area contributed by atoms with Crippen molar-refractivity contribution in [3.8, 4) is 0 Å². The highest BCUT2D eigenvalue weighted by Crippen LogP contribution is 2.43. The third-order valence-corrected chi connectivity index (χ3v) is 4.93. The summed E-state index contributed by atoms with van der Waals surface area (Å²) in [5.74, 6) is -0.236. The molecule has 0 rings (SSSR count). The lowest BCUT2D eigenvalue weighted by Crippen LogP contribution is -2.45. The summed E-state index contributed by atoms with van der Waals surface area (Å²) in [5.41, 5.74) is 0. The Hall–Kier alpha value is -0.760. The summed E-state index contributed by atoms with van der Waals surface area (Å²) in [6.07, 6.45) is 5.58. The van der Waals surface area contributed by atoms with Gasteiger partial charge in [-0.25, -0.2) is 4.57 Å². The number of nitrogens with one attached hydrogen (secondary N) is 1. The molecule has 3 N–H and O–H groups in total. The van der Waals surface area contributed by atoms with Crippen LogP contribution in [0.2, 0.25) is 0 Å². The Morgan fingerprint density at radius 2 is 1.85 bits per heavy atom. The quantitative estimate of drug-likeness (QED) is 0.156. The minimum Gasteiger partial charge on any atom is -0.387 e. The molecular weight excluding hydrogens is 371 g/mol. The Morgan fingerprint density at radius 3 is 2.41 bits per heavy atom. The van der Waals surface area contributed by atoms with Crippen LogP contribution in [0.1, 0.15) is 45.4 Å². The summed E-state index contributed by atoms with van der Waals surface area (Å²) in [4.78, 5) is 21.8. The lowest BCUT2D eigenvalue weighted by Gasteiger charge is -2.25. The number of unbranched alkanes of at least 4 members (excludes halogenated alkanes) is 4. The Labute approximate surface area is 163 Å². The van der Waals surface area contributed by atoms with E-state index in [9.17, 15) is 19.4 Å². The number of amides is 1. The molecule has 8 nitrogen and oxygen atoms in total. The van der Waals surface area contributed by atoms with Crippen molar-refractivity contribution >= 4 is 13.7 Å². The Bertz CT molecular complexity index is 481. The highest BCUT2D eigenvalue weighted by Gasteiger charge is 2.27. The summed E-state index contributed by atoms with van der Waals surface area (Å²) in [6, 6.07) is -0.867. The second kappa shape index (κ2) is 13.4. The molecule has 27 heavy (non-hydrogen) atoms. The van der Waals surface area contributed by atoms with Crippen LogP contribution >= 0.6 is 7.82 Å². The lowest BCUT2D eigenvalue weighted by atomic mass is 10.1. The first-order chi connectivity index (χ1) is 12.5. The number of carbonyl (C=O) groups is 1. The van der Waals surface area contributed by atoms with Gasteiger partial charge in [-0.3, -0.25) is 13.8 Å². The molecule has 1 amide bonds. The van der Waals surface area contributed by atoms with E-state index < -0.39 is 20.0 Å². The smallest absolute Gasteiger partial charge is 0.387 e. The molecule has 0 saturated heterocycles. The predicted octanol–water partition coefficient (Wildman–Crippen LogP) is 2.22. The van der Waals surface area contributed by atoms with E-state index in [1.807, 2.05) is 21.1 Å². The molecule has 0 spiro atoms. The standard InChI is InChI=1S/C18H37N2O6P/c1-6-8-9-10-11-12-18(22)19-16(17(21)7-2)15-26-27(23,24)25-14-13-20(3,4)5/h7,16-17,21H,2,6,8-15H2,1,3-5H3,(H-,19,22,23,24)/p+1/t16-,17+/m0/s1. The van der Waals surface area contributed by atoms with Gasteiger partial charge in [-0.15, -0.1) is 6.58 Å². The predicted molar refractivity (Wildman–Crippen MR) is 106 cm³/mol. The van der Waals surface area contributed by atoms with Crippen molar-refractivity contribution in [2.24, 2.45) is 0 Å². The molecule has 3 atom stereocenters. The summed E-state index contributed by atoms with van der Waals surface area (Å²) in [7, 11) is 1.53. The molecule has 0 saturated carbocycles. The van der Waals surface area contributed by atoms with Crippen LogP contribution < -0.4 is 5.32 Å². The van der Waals surface area contributed by atoms with Gasteiger partial charge in [0, 0.05) is 6.42 Å². The molecule has 0 aromatic carbocycles. The van der Waals surface area contributed by atoms with Crippen molar-refractivity contribution in [3.05, 3.63) is 12.7 Å². The van der Waals surface area contributed by atoms with E-state index in [4.69, 9.17) is 9.05 Å². The van der Waals surface area contributed by atoms with Crippen molar-refractivity contribution in [1.29, 1.82) is 0 Å². The van der Waals surface area contributed by atoms with Gasteiger partial charge in [0.25, 0.3) is 0 Å². The average molecular weight is 409 g/mol. The second-order valence-corrected chi connectivity index (χ2v) is 9.13. The van der Waals surface area contributed by atoms with Gasteiger partial charge < -0.3 is 19.8 Å². The van der Waals surface area contributed by atoms with E-state index in [1.165, 1.54) is 6.08 Å². The highest BCUT2D eigenvalue weighted by molar-refractivity contribution is 7.47. The molecule has 9 heteroatoms. The van der Waals surface area contributed by atoms with E-state index in [0.717, 1.165) is 32.1 Å². The van der Waals surface area contributed by atoms with E-state index in [2.05, 4.69) is 18.8 Å². The maximum Gasteiger partial charge on any atom is 0.472 e. The van der Waals surface area contributed by atoms with Gasteiger partial charge in [0.05, 0.1) is 39.9 Å². The summed E-state index contributed by atoms with van der Waals surface area (Å²) >= 11 is 0. The Morgan fingerprint density at radius 1 is 1.22 bits per heavy atom. The van der Waals surface area contributed by atoms with E-state index >= 15 is 0 Å². The molecular formula is C18H38N2O6P+. The van der Waals surface area contributed by atoms with Crippen LogP contribution in [-0.2, 0) is 18.4 Å². The van der Waals surface area contributed by atoms with E-state index in [1.54, 1.807) is 0 Å². The zero-order chi connectivity index (χ0) is 20.9. The normalized spacial score (nSPS) is 16.4. The largest absolute Gasteiger partial charge is 0.472 e. The zero-order valence-electron chi connectivity index (χ0n) is 17.2. The number of hydrogen-bond donors (Lipinski definition) is 3. The topological polar surface area (TPSA) is 105 Å². The zero-order valence-corrected chi connectivity index (χ0v) is 18.1. The molecule has 0 aromatic heterocycles. The number of rotatable bonds is 16. The minimum absolute atomic E-state index is 0.0517. The number of quaternary nitrogens is 1. The molecule has 0 bridgehead atoms. The van der Waals surface area contributed by atoms with Crippen LogP contribution in [0.15, 0.2) is 12.7 Å². The average Bonchev–Trinajstić information content (AvgIpc) is 2.56. The molecule has 0 radical (unpaired) electrons. The molecule has 0 aromatic rings. The maximum atomic E-state index is 12.0. The Balaban J connectivity index is 4.42. The van der Waals surface area contributed by atoms with Crippen LogP contribution in [0.5, 0.6) is 0 Å². The first kappa shape index (κ1) is 26.2. The molecule has 0 fully saturated rings. The SMILES string of the molecule is C=C[C@@H](O)[C@H](COP(=O)(O)OCC[N+](C)(C)C)NC(=O)CCCCCCC. The van der Waals surface area contributed by atoms with E-state index in [-0.39, 0.29) is 19.1 Å². The second-order valence-electron chi connectivity index (χ2n) is 7.68. The highest BCUT2D eigenvalue weighted by atomic mass is 31.2. The summed E-state index contributed by atoms with van der Waals surface area (Å²) < 4.78 is 22.4. The van der Waals surface area contributed by atoms with Gasteiger partial charge in [-0.2, -0.15) is 0 Å². The molecule has 0 aliphatic carbocycles. The number of phosphoric acid groups is 1. The van der Waals surface area contributed by atoms with Gasteiger partial charge in [-0.05, 0) is 6.42 Å². The van der Waals surface area contributed by atoms with Crippen molar-refractivity contribution in [1.82, 2.24) is 5.32 Å². The number of nitrogens with zero attached hydrogens (tertiary/aromatic N) is 1.